The Bertz CT molecular complexity index is 709. The van der Waals surface area contributed by atoms with E-state index >= 15 is 0 Å². The molecule has 0 aliphatic rings. The van der Waals surface area contributed by atoms with E-state index in [9.17, 15) is 9.59 Å². The predicted octanol–water partition coefficient (Wildman–Crippen LogP) is -0.746. The van der Waals surface area contributed by atoms with Crippen LogP contribution in [0.15, 0.2) is 10.9 Å². The average Bonchev–Trinajstić information content (AvgIpc) is 2.90. The molecule has 2 heterocycles. The molecule has 0 saturated carbocycles. The Balaban J connectivity index is 2.19. The fourth-order valence-electron chi connectivity index (χ4n) is 2.18. The zero-order valence-corrected chi connectivity index (χ0v) is 14.0. The molecule has 0 saturated heterocycles. The first kappa shape index (κ1) is 16.6. The standard InChI is InChI=1S/C14H21N5O2S/c1-4-12-17-19-13(21)7-10(16-14(19)22-12)8-18(6-3)9-11(20)15-5-2/h7H,4-6,8-9H2,1-3H3,(H,15,20)/p+1. The number of rotatable bonds is 7. The highest BCUT2D eigenvalue weighted by atomic mass is 32.1. The van der Waals surface area contributed by atoms with Crippen molar-refractivity contribution >= 4 is 22.2 Å². The van der Waals surface area contributed by atoms with Crippen LogP contribution in [0.3, 0.4) is 0 Å². The van der Waals surface area contributed by atoms with Crippen LogP contribution in [0.25, 0.3) is 4.96 Å². The van der Waals surface area contributed by atoms with Crippen LogP contribution in [0.4, 0.5) is 0 Å². The number of hydrogen-bond acceptors (Lipinski definition) is 5. The van der Waals surface area contributed by atoms with Crippen molar-refractivity contribution in [2.24, 2.45) is 0 Å². The van der Waals surface area contributed by atoms with Crippen LogP contribution < -0.4 is 15.8 Å². The van der Waals surface area contributed by atoms with E-state index in [4.69, 9.17) is 0 Å². The van der Waals surface area contributed by atoms with Crippen LogP contribution in [-0.2, 0) is 17.8 Å². The molecule has 7 nitrogen and oxygen atoms in total. The van der Waals surface area contributed by atoms with Crippen molar-refractivity contribution in [1.82, 2.24) is 19.9 Å². The Labute approximate surface area is 133 Å². The lowest BCUT2D eigenvalue weighted by Gasteiger charge is -2.16. The predicted molar refractivity (Wildman–Crippen MR) is 85.3 cm³/mol. The Morgan fingerprint density at radius 1 is 1.41 bits per heavy atom. The summed E-state index contributed by atoms with van der Waals surface area (Å²) in [6, 6.07) is 1.51. The third kappa shape index (κ3) is 3.89. The molecule has 2 N–H and O–H groups in total. The molecule has 1 atom stereocenters. The van der Waals surface area contributed by atoms with E-state index in [-0.39, 0.29) is 11.5 Å². The number of aromatic nitrogens is 3. The van der Waals surface area contributed by atoms with E-state index in [1.807, 2.05) is 20.8 Å². The number of nitrogens with zero attached hydrogens (tertiary/aromatic N) is 3. The summed E-state index contributed by atoms with van der Waals surface area (Å²) in [5, 5.41) is 7.92. The van der Waals surface area contributed by atoms with Crippen molar-refractivity contribution in [2.75, 3.05) is 19.6 Å². The van der Waals surface area contributed by atoms with Crippen LogP contribution >= 0.6 is 11.3 Å². The lowest BCUT2D eigenvalue weighted by molar-refractivity contribution is -0.904. The fraction of sp³-hybridized carbons (Fsp3) is 0.571. The van der Waals surface area contributed by atoms with Crippen LogP contribution in [0, 0.1) is 0 Å². The third-order valence-corrected chi connectivity index (χ3v) is 4.41. The Kier molecular flexibility index (Phi) is 5.62. The van der Waals surface area contributed by atoms with E-state index < -0.39 is 0 Å². The number of likely N-dealkylation sites (N-methyl/N-ethyl adjacent to an activating group) is 2. The van der Waals surface area contributed by atoms with Crippen molar-refractivity contribution < 1.29 is 9.69 Å². The van der Waals surface area contributed by atoms with Crippen molar-refractivity contribution in [3.8, 4) is 0 Å². The highest BCUT2D eigenvalue weighted by Gasteiger charge is 2.15. The summed E-state index contributed by atoms with van der Waals surface area (Å²) in [6.45, 7) is 8.27. The number of fused-ring (bicyclic) bond motifs is 1. The molecule has 0 aromatic carbocycles. The van der Waals surface area contributed by atoms with Crippen LogP contribution in [-0.4, -0.2) is 40.1 Å². The fourth-order valence-corrected chi connectivity index (χ4v) is 3.04. The molecule has 2 aromatic rings. The van der Waals surface area contributed by atoms with E-state index in [2.05, 4.69) is 15.4 Å². The summed E-state index contributed by atoms with van der Waals surface area (Å²) < 4.78 is 1.35. The Hall–Kier alpha value is -1.80. The van der Waals surface area contributed by atoms with Crippen molar-refractivity contribution in [3.63, 3.8) is 0 Å². The van der Waals surface area contributed by atoms with E-state index in [0.717, 1.165) is 22.9 Å². The number of aryl methyl sites for hydroxylation is 1. The Morgan fingerprint density at radius 3 is 2.82 bits per heavy atom. The van der Waals surface area contributed by atoms with E-state index in [1.165, 1.54) is 21.9 Å². The average molecular weight is 324 g/mol. The van der Waals surface area contributed by atoms with Crippen LogP contribution in [0.1, 0.15) is 31.5 Å². The highest BCUT2D eigenvalue weighted by Crippen LogP contribution is 2.11. The molecular formula is C14H22N5O2S+. The molecule has 0 fully saturated rings. The topological polar surface area (TPSA) is 80.8 Å². The van der Waals surface area contributed by atoms with Gasteiger partial charge in [-0.05, 0) is 20.3 Å². The smallest absolute Gasteiger partial charge is 0.275 e. The Morgan fingerprint density at radius 2 is 2.18 bits per heavy atom. The molecule has 0 bridgehead atoms. The molecule has 0 spiro atoms. The lowest BCUT2D eigenvalue weighted by atomic mass is 10.3. The first-order valence-electron chi connectivity index (χ1n) is 7.56. The van der Waals surface area contributed by atoms with Gasteiger partial charge in [-0.15, -0.1) is 0 Å². The second-order valence-electron chi connectivity index (χ2n) is 5.04. The summed E-state index contributed by atoms with van der Waals surface area (Å²) in [7, 11) is 0. The van der Waals surface area contributed by atoms with Gasteiger partial charge in [-0.2, -0.15) is 9.61 Å². The van der Waals surface area contributed by atoms with Crippen LogP contribution in [0.2, 0.25) is 0 Å². The largest absolute Gasteiger partial charge is 0.351 e. The molecular weight excluding hydrogens is 302 g/mol. The molecule has 0 radical (unpaired) electrons. The second-order valence-corrected chi connectivity index (χ2v) is 6.08. The van der Waals surface area contributed by atoms with Gasteiger partial charge in [0, 0.05) is 12.6 Å². The van der Waals surface area contributed by atoms with Crippen molar-refractivity contribution in [2.45, 2.75) is 33.7 Å². The summed E-state index contributed by atoms with van der Waals surface area (Å²) in [5.74, 6) is 0.0169. The maximum Gasteiger partial charge on any atom is 0.275 e. The van der Waals surface area contributed by atoms with Gasteiger partial charge in [0.2, 0.25) is 4.96 Å². The molecule has 2 aromatic heterocycles. The van der Waals surface area contributed by atoms with E-state index in [0.29, 0.717) is 30.3 Å². The first-order valence-corrected chi connectivity index (χ1v) is 8.37. The zero-order chi connectivity index (χ0) is 16.1. The minimum atomic E-state index is -0.163. The molecule has 0 aliphatic heterocycles. The first-order chi connectivity index (χ1) is 10.6. The quantitative estimate of drug-likeness (QED) is 0.703. The summed E-state index contributed by atoms with van der Waals surface area (Å²) in [6.07, 6.45) is 0.784. The van der Waals surface area contributed by atoms with E-state index in [1.54, 1.807) is 0 Å². The number of nitrogens with one attached hydrogen (secondary N) is 2. The molecule has 1 amide bonds. The number of carbonyl (C=O) groups is 1. The van der Waals surface area contributed by atoms with Gasteiger partial charge in [0.15, 0.2) is 6.54 Å². The van der Waals surface area contributed by atoms with Gasteiger partial charge in [0.1, 0.15) is 17.2 Å². The lowest BCUT2D eigenvalue weighted by Crippen LogP contribution is -3.11. The van der Waals surface area contributed by atoms with Gasteiger partial charge in [-0.1, -0.05) is 18.3 Å². The number of quaternary nitrogens is 1. The summed E-state index contributed by atoms with van der Waals surface area (Å²) in [5.41, 5.74) is 0.543. The molecule has 8 heteroatoms. The van der Waals surface area contributed by atoms with Crippen molar-refractivity contribution in [3.05, 3.63) is 27.1 Å². The maximum absolute atomic E-state index is 12.1. The minimum Gasteiger partial charge on any atom is -0.351 e. The van der Waals surface area contributed by atoms with Gasteiger partial charge in [-0.3, -0.25) is 9.59 Å². The van der Waals surface area contributed by atoms with Gasteiger partial charge < -0.3 is 10.2 Å². The zero-order valence-electron chi connectivity index (χ0n) is 13.2. The molecule has 120 valence electrons. The number of amides is 1. The molecule has 2 rings (SSSR count). The summed E-state index contributed by atoms with van der Waals surface area (Å²) >= 11 is 1.43. The van der Waals surface area contributed by atoms with Gasteiger partial charge in [-0.25, -0.2) is 4.98 Å². The molecule has 22 heavy (non-hydrogen) atoms. The highest BCUT2D eigenvalue weighted by molar-refractivity contribution is 7.16. The number of carbonyl (C=O) groups excluding carboxylic acids is 1. The van der Waals surface area contributed by atoms with Crippen molar-refractivity contribution in [1.29, 1.82) is 0 Å². The van der Waals surface area contributed by atoms with Crippen LogP contribution in [0.5, 0.6) is 0 Å². The third-order valence-electron chi connectivity index (χ3n) is 3.36. The molecule has 1 unspecified atom stereocenters. The maximum atomic E-state index is 12.1. The normalized spacial score (nSPS) is 12.5. The SMILES string of the molecule is CCNC(=O)C[NH+](CC)Cc1cc(=O)n2nc(CC)sc2n1. The molecule has 0 aliphatic carbocycles. The minimum absolute atomic E-state index is 0.0169. The van der Waals surface area contributed by atoms with Gasteiger partial charge in [0.25, 0.3) is 11.5 Å². The van der Waals surface area contributed by atoms with Gasteiger partial charge in [0.05, 0.1) is 6.54 Å². The monoisotopic (exact) mass is 324 g/mol. The second kappa shape index (κ2) is 7.46. The number of hydrogen-bond donors (Lipinski definition) is 2. The summed E-state index contributed by atoms with van der Waals surface area (Å²) in [4.78, 5) is 30.0. The van der Waals surface area contributed by atoms with Gasteiger partial charge >= 0.3 is 0 Å².